The lowest BCUT2D eigenvalue weighted by molar-refractivity contribution is -0.117. The van der Waals surface area contributed by atoms with E-state index in [0.717, 1.165) is 0 Å². The van der Waals surface area contributed by atoms with Gasteiger partial charge in [0.15, 0.2) is 0 Å². The van der Waals surface area contributed by atoms with E-state index in [4.69, 9.17) is 0 Å². The molecule has 2 fully saturated rings. The number of nitrogens with zero attached hydrogens (tertiary/aromatic N) is 3. The monoisotopic (exact) mass is 448 g/mol. The SMILES string of the molecule is C=CC(=O)NC1CC(C)(C)N(S(=O)(=O)C2CCN(C(=O)c3ccccn3)CC2)C1(C)C. The minimum absolute atomic E-state index is 0.175. The summed E-state index contributed by atoms with van der Waals surface area (Å²) in [5.41, 5.74) is -1.07. The molecule has 3 heterocycles. The summed E-state index contributed by atoms with van der Waals surface area (Å²) < 4.78 is 29.1. The Labute approximate surface area is 184 Å². The number of aromatic nitrogens is 1. The highest BCUT2D eigenvalue weighted by atomic mass is 32.2. The second-order valence-corrected chi connectivity index (χ2v) is 11.5. The standard InChI is InChI=1S/C22H32N4O4S/c1-6-19(27)24-18-15-21(2,3)26(22(18,4)5)31(29,30)16-10-13-25(14-11-16)20(28)17-9-7-8-12-23-17/h6-9,12,16,18H,1,10-11,13-15H2,2-5H3,(H,24,27). The third-order valence-electron chi connectivity index (χ3n) is 6.42. The second kappa shape index (κ2) is 8.35. The van der Waals surface area contributed by atoms with Gasteiger partial charge in [-0.25, -0.2) is 8.42 Å². The number of amides is 2. The molecule has 8 nitrogen and oxygen atoms in total. The van der Waals surface area contributed by atoms with Gasteiger partial charge in [-0.1, -0.05) is 12.6 Å². The van der Waals surface area contributed by atoms with Gasteiger partial charge < -0.3 is 10.2 Å². The van der Waals surface area contributed by atoms with Gasteiger partial charge in [0.25, 0.3) is 5.91 Å². The van der Waals surface area contributed by atoms with E-state index in [-0.39, 0.29) is 17.9 Å². The number of pyridine rings is 1. The highest BCUT2D eigenvalue weighted by molar-refractivity contribution is 7.89. The van der Waals surface area contributed by atoms with Crippen molar-refractivity contribution in [2.24, 2.45) is 0 Å². The lowest BCUT2D eigenvalue weighted by Crippen LogP contribution is -2.59. The van der Waals surface area contributed by atoms with Crippen LogP contribution in [0.5, 0.6) is 0 Å². The first-order chi connectivity index (χ1) is 14.4. The van der Waals surface area contributed by atoms with Gasteiger partial charge in [-0.15, -0.1) is 0 Å². The summed E-state index contributed by atoms with van der Waals surface area (Å²) >= 11 is 0. The predicted molar refractivity (Wildman–Crippen MR) is 119 cm³/mol. The number of hydrogen-bond donors (Lipinski definition) is 1. The Morgan fingerprint density at radius 1 is 1.19 bits per heavy atom. The molecule has 0 aliphatic carbocycles. The molecule has 9 heteroatoms. The smallest absolute Gasteiger partial charge is 0.272 e. The van der Waals surface area contributed by atoms with E-state index in [9.17, 15) is 18.0 Å². The van der Waals surface area contributed by atoms with Crippen molar-refractivity contribution in [1.29, 1.82) is 0 Å². The lowest BCUT2D eigenvalue weighted by Gasteiger charge is -2.43. The van der Waals surface area contributed by atoms with Crippen LogP contribution in [0.1, 0.15) is 57.4 Å². The average Bonchev–Trinajstić information content (AvgIpc) is 2.91. The summed E-state index contributed by atoms with van der Waals surface area (Å²) in [6, 6.07) is 4.85. The minimum atomic E-state index is -3.66. The molecule has 1 unspecified atom stereocenters. The zero-order valence-corrected chi connectivity index (χ0v) is 19.5. The average molecular weight is 449 g/mol. The van der Waals surface area contributed by atoms with Gasteiger partial charge in [0.2, 0.25) is 15.9 Å². The molecular formula is C22H32N4O4S. The first-order valence-corrected chi connectivity index (χ1v) is 12.1. The normalized spacial score (nSPS) is 24.0. The number of rotatable bonds is 5. The van der Waals surface area contributed by atoms with Gasteiger partial charge >= 0.3 is 0 Å². The van der Waals surface area contributed by atoms with Crippen LogP contribution in [-0.4, -0.2) is 69.9 Å². The number of hydrogen-bond acceptors (Lipinski definition) is 5. The molecule has 3 rings (SSSR count). The number of carbonyl (C=O) groups excluding carboxylic acids is 2. The summed E-state index contributed by atoms with van der Waals surface area (Å²) in [6.45, 7) is 11.7. The molecule has 0 bridgehead atoms. The highest BCUT2D eigenvalue weighted by Crippen LogP contribution is 2.45. The Bertz CT molecular complexity index is 951. The van der Waals surface area contributed by atoms with Gasteiger partial charge in [-0.3, -0.25) is 14.6 Å². The van der Waals surface area contributed by atoms with E-state index in [1.165, 1.54) is 6.08 Å². The molecule has 2 amide bonds. The maximum absolute atomic E-state index is 13.7. The molecule has 0 spiro atoms. The molecule has 0 saturated carbocycles. The van der Waals surface area contributed by atoms with Crippen LogP contribution in [-0.2, 0) is 14.8 Å². The zero-order chi connectivity index (χ0) is 23.0. The Hall–Kier alpha value is -2.26. The van der Waals surface area contributed by atoms with Crippen molar-refractivity contribution < 1.29 is 18.0 Å². The predicted octanol–water partition coefficient (Wildman–Crippen LogP) is 1.95. The lowest BCUT2D eigenvalue weighted by atomic mass is 9.94. The molecule has 2 aliphatic heterocycles. The van der Waals surface area contributed by atoms with Crippen LogP contribution in [0, 0.1) is 0 Å². The van der Waals surface area contributed by atoms with Crippen LogP contribution in [0.15, 0.2) is 37.1 Å². The fourth-order valence-corrected chi connectivity index (χ4v) is 7.69. The minimum Gasteiger partial charge on any atom is -0.348 e. The van der Waals surface area contributed by atoms with Crippen molar-refractivity contribution in [1.82, 2.24) is 19.5 Å². The molecule has 1 N–H and O–H groups in total. The maximum atomic E-state index is 13.7. The van der Waals surface area contributed by atoms with Gasteiger partial charge in [-0.05, 0) is 65.2 Å². The van der Waals surface area contributed by atoms with Crippen molar-refractivity contribution in [2.45, 2.75) is 69.3 Å². The first kappa shape index (κ1) is 23.4. The van der Waals surface area contributed by atoms with Crippen LogP contribution >= 0.6 is 0 Å². The number of nitrogens with one attached hydrogen (secondary N) is 1. The van der Waals surface area contributed by atoms with Gasteiger partial charge in [0.05, 0.1) is 10.8 Å². The van der Waals surface area contributed by atoms with Crippen molar-refractivity contribution in [3.8, 4) is 0 Å². The quantitative estimate of drug-likeness (QED) is 0.694. The molecule has 2 saturated heterocycles. The molecule has 0 aromatic carbocycles. The van der Waals surface area contributed by atoms with Crippen LogP contribution in [0.4, 0.5) is 0 Å². The Morgan fingerprint density at radius 3 is 2.39 bits per heavy atom. The molecule has 2 aliphatic rings. The Morgan fingerprint density at radius 2 is 1.84 bits per heavy atom. The third kappa shape index (κ3) is 4.39. The van der Waals surface area contributed by atoms with E-state index < -0.39 is 26.4 Å². The van der Waals surface area contributed by atoms with Crippen molar-refractivity contribution in [3.05, 3.63) is 42.7 Å². The Balaban J connectivity index is 1.76. The summed E-state index contributed by atoms with van der Waals surface area (Å²) in [5.74, 6) is -0.486. The molecule has 1 aromatic rings. The van der Waals surface area contributed by atoms with Gasteiger partial charge in [0.1, 0.15) is 5.69 Å². The van der Waals surface area contributed by atoms with E-state index in [1.54, 1.807) is 33.6 Å². The fraction of sp³-hybridized carbons (Fsp3) is 0.591. The summed E-state index contributed by atoms with van der Waals surface area (Å²) in [6.07, 6.45) is 4.02. The number of sulfonamides is 1. The van der Waals surface area contributed by atoms with Crippen molar-refractivity contribution in [2.75, 3.05) is 13.1 Å². The highest BCUT2D eigenvalue weighted by Gasteiger charge is 2.58. The maximum Gasteiger partial charge on any atom is 0.272 e. The third-order valence-corrected chi connectivity index (χ3v) is 9.21. The number of carbonyl (C=O) groups is 2. The molecule has 170 valence electrons. The van der Waals surface area contributed by atoms with E-state index in [2.05, 4.69) is 16.9 Å². The number of piperidine rings is 1. The van der Waals surface area contributed by atoms with E-state index >= 15 is 0 Å². The van der Waals surface area contributed by atoms with E-state index in [0.29, 0.717) is 38.0 Å². The first-order valence-electron chi connectivity index (χ1n) is 10.6. The summed E-state index contributed by atoms with van der Waals surface area (Å²) in [5, 5.41) is 2.32. The van der Waals surface area contributed by atoms with Crippen LogP contribution in [0.2, 0.25) is 0 Å². The van der Waals surface area contributed by atoms with Crippen molar-refractivity contribution >= 4 is 21.8 Å². The summed E-state index contributed by atoms with van der Waals surface area (Å²) in [7, 11) is -3.66. The second-order valence-electron chi connectivity index (χ2n) is 9.45. The van der Waals surface area contributed by atoms with Crippen molar-refractivity contribution in [3.63, 3.8) is 0 Å². The van der Waals surface area contributed by atoms with Crippen LogP contribution in [0.3, 0.4) is 0 Å². The zero-order valence-electron chi connectivity index (χ0n) is 18.7. The summed E-state index contributed by atoms with van der Waals surface area (Å²) in [4.78, 5) is 30.3. The van der Waals surface area contributed by atoms with Crippen LogP contribution < -0.4 is 5.32 Å². The Kier molecular flexibility index (Phi) is 6.30. The topological polar surface area (TPSA) is 99.7 Å². The largest absolute Gasteiger partial charge is 0.348 e. The molecule has 0 radical (unpaired) electrons. The van der Waals surface area contributed by atoms with Gasteiger partial charge in [0, 0.05) is 30.9 Å². The van der Waals surface area contributed by atoms with E-state index in [1.807, 2.05) is 27.7 Å². The molecule has 1 atom stereocenters. The van der Waals surface area contributed by atoms with Gasteiger partial charge in [-0.2, -0.15) is 4.31 Å². The molecule has 1 aromatic heterocycles. The van der Waals surface area contributed by atoms with Crippen LogP contribution in [0.25, 0.3) is 0 Å². The fourth-order valence-electron chi connectivity index (χ4n) is 5.04. The number of likely N-dealkylation sites (tertiary alicyclic amines) is 1. The molecular weight excluding hydrogens is 416 g/mol. The molecule has 31 heavy (non-hydrogen) atoms.